The number of nitrogens with one attached hydrogen (secondary N) is 1. The Morgan fingerprint density at radius 3 is 2.75 bits per heavy atom. The number of fused-ring (bicyclic) bond motifs is 1. The van der Waals surface area contributed by atoms with E-state index in [-0.39, 0.29) is 12.1 Å². The molecule has 0 saturated heterocycles. The molecule has 1 atom stereocenters. The van der Waals surface area contributed by atoms with Crippen LogP contribution in [0.2, 0.25) is 0 Å². The molecule has 2 aromatic carbocycles. The minimum Gasteiger partial charge on any atom is -0.502 e. The first kappa shape index (κ1) is 22.4. The van der Waals surface area contributed by atoms with Gasteiger partial charge in [-0.05, 0) is 56.4 Å². The number of aromatic nitrogens is 2. The Hall–Kier alpha value is -2.84. The lowest BCUT2D eigenvalue weighted by atomic mass is 9.85. The van der Waals surface area contributed by atoms with Crippen molar-refractivity contribution in [3.05, 3.63) is 58.9 Å². The van der Waals surface area contributed by atoms with Crippen molar-refractivity contribution in [3.63, 3.8) is 0 Å². The maximum absolute atomic E-state index is 11.6. The van der Waals surface area contributed by atoms with Crippen LogP contribution in [0.1, 0.15) is 43.9 Å². The Kier molecular flexibility index (Phi) is 6.26. The molecule has 1 aliphatic carbocycles. The highest BCUT2D eigenvalue weighted by molar-refractivity contribution is 7.87. The summed E-state index contributed by atoms with van der Waals surface area (Å²) in [5.41, 5.74) is 4.16. The standard InChI is InChI=1S/C22H23N5O3S2/c1-13(2)30-20-11-10-14(12-19(20)24-3)21-25-26-22(31-21)17-8-4-7-16-15(17)6-5-9-18(16)27-32(23,28)29/h4,7-8,10-13,18,27H,5-6,9H2,1-2H3,(H2,23,28,29)/t18-/m1/s1. The quantitative estimate of drug-likeness (QED) is 0.520. The molecular formula is C22H23N5O3S2. The molecule has 0 spiro atoms. The average Bonchev–Trinajstić information content (AvgIpc) is 3.22. The monoisotopic (exact) mass is 469 g/mol. The summed E-state index contributed by atoms with van der Waals surface area (Å²) in [6.45, 7) is 11.3. The van der Waals surface area contributed by atoms with E-state index in [0.29, 0.717) is 22.9 Å². The normalized spacial score (nSPS) is 15.9. The van der Waals surface area contributed by atoms with E-state index in [4.69, 9.17) is 16.4 Å². The summed E-state index contributed by atoms with van der Waals surface area (Å²) in [6, 6.07) is 10.9. The van der Waals surface area contributed by atoms with Crippen LogP contribution in [0.3, 0.4) is 0 Å². The molecule has 0 fully saturated rings. The molecule has 3 aromatic rings. The lowest BCUT2D eigenvalue weighted by Gasteiger charge is -2.26. The maximum Gasteiger partial charge on any atom is 0.274 e. The van der Waals surface area contributed by atoms with E-state index >= 15 is 0 Å². The van der Waals surface area contributed by atoms with Crippen molar-refractivity contribution < 1.29 is 13.2 Å². The second kappa shape index (κ2) is 8.96. The number of nitrogens with two attached hydrogens (primary N) is 1. The lowest BCUT2D eigenvalue weighted by Crippen LogP contribution is -2.35. The fourth-order valence-corrected chi connectivity index (χ4v) is 5.44. The van der Waals surface area contributed by atoms with Gasteiger partial charge in [-0.25, -0.2) is 9.98 Å². The van der Waals surface area contributed by atoms with Crippen LogP contribution in [-0.4, -0.2) is 24.7 Å². The summed E-state index contributed by atoms with van der Waals surface area (Å²) in [7, 11) is -3.80. The number of hydrogen-bond acceptors (Lipinski definition) is 6. The van der Waals surface area contributed by atoms with Gasteiger partial charge in [0, 0.05) is 17.2 Å². The van der Waals surface area contributed by atoms with Crippen LogP contribution in [0, 0.1) is 6.57 Å². The molecule has 0 bridgehead atoms. The number of rotatable bonds is 6. The molecule has 1 heterocycles. The van der Waals surface area contributed by atoms with Gasteiger partial charge >= 0.3 is 0 Å². The van der Waals surface area contributed by atoms with Gasteiger partial charge < -0.3 is 4.74 Å². The van der Waals surface area contributed by atoms with E-state index in [2.05, 4.69) is 19.8 Å². The van der Waals surface area contributed by atoms with Gasteiger partial charge in [-0.3, -0.25) is 0 Å². The van der Waals surface area contributed by atoms with Crippen LogP contribution >= 0.6 is 11.3 Å². The van der Waals surface area contributed by atoms with Crippen molar-refractivity contribution in [2.45, 2.75) is 45.3 Å². The molecule has 32 heavy (non-hydrogen) atoms. The Labute approximate surface area is 191 Å². The van der Waals surface area contributed by atoms with Gasteiger partial charge in [-0.2, -0.15) is 13.1 Å². The van der Waals surface area contributed by atoms with E-state index in [9.17, 15) is 8.42 Å². The minimum atomic E-state index is -3.80. The summed E-state index contributed by atoms with van der Waals surface area (Å²) in [5, 5.41) is 15.4. The van der Waals surface area contributed by atoms with E-state index in [1.807, 2.05) is 38.1 Å². The number of hydrogen-bond donors (Lipinski definition) is 2. The minimum absolute atomic E-state index is 0.0219. The topological polar surface area (TPSA) is 112 Å². The molecule has 1 aromatic heterocycles. The fraction of sp³-hybridized carbons (Fsp3) is 0.318. The largest absolute Gasteiger partial charge is 0.502 e. The second-order valence-electron chi connectivity index (χ2n) is 7.85. The van der Waals surface area contributed by atoms with Gasteiger partial charge in [-0.1, -0.05) is 35.6 Å². The van der Waals surface area contributed by atoms with E-state index in [1.165, 1.54) is 11.3 Å². The van der Waals surface area contributed by atoms with Gasteiger partial charge in [0.15, 0.2) is 0 Å². The zero-order valence-corrected chi connectivity index (χ0v) is 19.3. The third-order valence-corrected chi connectivity index (χ3v) is 6.78. The lowest BCUT2D eigenvalue weighted by molar-refractivity contribution is 0.244. The Bertz CT molecular complexity index is 1300. The maximum atomic E-state index is 11.6. The first-order chi connectivity index (χ1) is 15.2. The van der Waals surface area contributed by atoms with Crippen LogP contribution in [0.4, 0.5) is 5.69 Å². The van der Waals surface area contributed by atoms with E-state index in [0.717, 1.165) is 40.1 Å². The Balaban J connectivity index is 1.68. The van der Waals surface area contributed by atoms with Gasteiger partial charge in [0.25, 0.3) is 10.2 Å². The van der Waals surface area contributed by atoms with Crippen molar-refractivity contribution in [1.29, 1.82) is 0 Å². The summed E-state index contributed by atoms with van der Waals surface area (Å²) < 4.78 is 31.4. The smallest absolute Gasteiger partial charge is 0.274 e. The molecule has 3 N–H and O–H groups in total. The van der Waals surface area contributed by atoms with Crippen LogP contribution in [0.25, 0.3) is 26.0 Å². The molecule has 8 nitrogen and oxygen atoms in total. The molecule has 1 aliphatic rings. The summed E-state index contributed by atoms with van der Waals surface area (Å²) in [5.74, 6) is 0.550. The summed E-state index contributed by atoms with van der Waals surface area (Å²) in [4.78, 5) is 3.59. The number of benzene rings is 2. The third kappa shape index (κ3) is 4.81. The Morgan fingerprint density at radius 2 is 2.03 bits per heavy atom. The molecule has 0 saturated carbocycles. The highest BCUT2D eigenvalue weighted by Crippen LogP contribution is 2.40. The predicted octanol–water partition coefficient (Wildman–Crippen LogP) is 4.38. The van der Waals surface area contributed by atoms with Gasteiger partial charge in [0.05, 0.1) is 12.7 Å². The first-order valence-corrected chi connectivity index (χ1v) is 12.6. The van der Waals surface area contributed by atoms with Gasteiger partial charge in [0.2, 0.25) is 5.69 Å². The second-order valence-corrected chi connectivity index (χ2v) is 10.2. The van der Waals surface area contributed by atoms with Crippen LogP contribution < -0.4 is 14.6 Å². The van der Waals surface area contributed by atoms with Crippen molar-refractivity contribution >= 4 is 27.2 Å². The molecule has 166 valence electrons. The highest BCUT2D eigenvalue weighted by atomic mass is 32.2. The highest BCUT2D eigenvalue weighted by Gasteiger charge is 2.26. The number of ether oxygens (including phenoxy) is 1. The van der Waals surface area contributed by atoms with Crippen LogP contribution in [0.15, 0.2) is 36.4 Å². The van der Waals surface area contributed by atoms with Crippen molar-refractivity contribution in [3.8, 4) is 26.9 Å². The third-order valence-electron chi connectivity index (χ3n) is 5.16. The zero-order chi connectivity index (χ0) is 22.9. The average molecular weight is 470 g/mol. The SMILES string of the molecule is [C-]#[N+]c1cc(-c2nnc(-c3cccc4c3CCC[C@H]4NS(N)(=O)=O)s2)ccc1OC(C)C. The molecular weight excluding hydrogens is 446 g/mol. The fourth-order valence-electron chi connectivity index (χ4n) is 3.91. The van der Waals surface area contributed by atoms with E-state index in [1.54, 1.807) is 12.1 Å². The van der Waals surface area contributed by atoms with Crippen molar-refractivity contribution in [2.24, 2.45) is 5.14 Å². The zero-order valence-electron chi connectivity index (χ0n) is 17.7. The van der Waals surface area contributed by atoms with Crippen LogP contribution in [-0.2, 0) is 16.6 Å². The molecule has 0 unspecified atom stereocenters. The Morgan fingerprint density at radius 1 is 1.25 bits per heavy atom. The van der Waals surface area contributed by atoms with Gasteiger partial charge in [-0.15, -0.1) is 10.2 Å². The molecule has 4 rings (SSSR count). The van der Waals surface area contributed by atoms with E-state index < -0.39 is 10.2 Å². The van der Waals surface area contributed by atoms with Crippen molar-refractivity contribution in [2.75, 3.05) is 0 Å². The predicted molar refractivity (Wildman–Crippen MR) is 125 cm³/mol. The van der Waals surface area contributed by atoms with Crippen molar-refractivity contribution in [1.82, 2.24) is 14.9 Å². The summed E-state index contributed by atoms with van der Waals surface area (Å²) >= 11 is 1.44. The number of nitrogens with zero attached hydrogens (tertiary/aromatic N) is 3. The first-order valence-electron chi connectivity index (χ1n) is 10.2. The molecule has 10 heteroatoms. The molecule has 0 radical (unpaired) electrons. The van der Waals surface area contributed by atoms with Crippen LogP contribution in [0.5, 0.6) is 5.75 Å². The summed E-state index contributed by atoms with van der Waals surface area (Å²) in [6.07, 6.45) is 2.34. The molecule has 0 aliphatic heterocycles. The molecule has 0 amide bonds. The van der Waals surface area contributed by atoms with Gasteiger partial charge in [0.1, 0.15) is 15.8 Å².